The van der Waals surface area contributed by atoms with E-state index in [2.05, 4.69) is 5.32 Å². The Kier molecular flexibility index (Phi) is 2.06. The lowest BCUT2D eigenvalue weighted by Crippen LogP contribution is -2.55. The van der Waals surface area contributed by atoms with Crippen LogP contribution in [0.25, 0.3) is 0 Å². The fourth-order valence-electron chi connectivity index (χ4n) is 2.28. The Morgan fingerprint density at radius 1 is 1.20 bits per heavy atom. The van der Waals surface area contributed by atoms with E-state index in [1.165, 1.54) is 0 Å². The van der Waals surface area contributed by atoms with Crippen LogP contribution in [-0.2, 0) is 0 Å². The average molecular weight is 205 g/mol. The van der Waals surface area contributed by atoms with Gasteiger partial charge in [-0.05, 0) is 31.5 Å². The van der Waals surface area contributed by atoms with Crippen LogP contribution in [0.1, 0.15) is 12.8 Å². The molecule has 3 heteroatoms. The molecule has 0 radical (unpaired) electrons. The predicted molar refractivity (Wildman–Crippen MR) is 57.4 cm³/mol. The Balaban J connectivity index is 1.87. The number of ether oxygens (including phenoxy) is 2. The molecule has 3 nitrogen and oxygen atoms in total. The quantitative estimate of drug-likeness (QED) is 0.697. The molecular formula is C12H15NO2. The molecule has 1 aromatic carbocycles. The van der Waals surface area contributed by atoms with Gasteiger partial charge in [-0.3, -0.25) is 0 Å². The van der Waals surface area contributed by atoms with Crippen molar-refractivity contribution in [1.29, 1.82) is 0 Å². The van der Waals surface area contributed by atoms with E-state index in [4.69, 9.17) is 9.47 Å². The summed E-state index contributed by atoms with van der Waals surface area (Å²) in [5, 5.41) is 3.37. The lowest BCUT2D eigenvalue weighted by molar-refractivity contribution is -0.0250. The van der Waals surface area contributed by atoms with Crippen LogP contribution >= 0.6 is 0 Å². The fraction of sp³-hybridized carbons (Fsp3) is 0.500. The van der Waals surface area contributed by atoms with Gasteiger partial charge in [0.05, 0.1) is 0 Å². The van der Waals surface area contributed by atoms with Crippen molar-refractivity contribution in [3.05, 3.63) is 24.3 Å². The Morgan fingerprint density at radius 2 is 2.07 bits per heavy atom. The van der Waals surface area contributed by atoms with Gasteiger partial charge in [-0.2, -0.15) is 0 Å². The SMILES string of the molecule is c1ccc2c(c1)OCC1(CCCNC1)O2. The first-order chi connectivity index (χ1) is 7.38. The zero-order valence-corrected chi connectivity index (χ0v) is 8.66. The third-order valence-corrected chi connectivity index (χ3v) is 3.10. The monoisotopic (exact) mass is 205 g/mol. The van der Waals surface area contributed by atoms with Gasteiger partial charge in [0, 0.05) is 6.54 Å². The van der Waals surface area contributed by atoms with E-state index in [0.717, 1.165) is 37.4 Å². The highest BCUT2D eigenvalue weighted by molar-refractivity contribution is 5.41. The molecule has 80 valence electrons. The summed E-state index contributed by atoms with van der Waals surface area (Å²) in [7, 11) is 0. The minimum atomic E-state index is -0.132. The van der Waals surface area contributed by atoms with E-state index in [-0.39, 0.29) is 5.60 Å². The van der Waals surface area contributed by atoms with Gasteiger partial charge in [0.1, 0.15) is 6.61 Å². The first kappa shape index (κ1) is 9.04. The molecule has 1 unspecified atom stereocenters. The maximum atomic E-state index is 6.07. The number of hydrogen-bond donors (Lipinski definition) is 1. The average Bonchev–Trinajstić information content (AvgIpc) is 2.30. The maximum Gasteiger partial charge on any atom is 0.162 e. The van der Waals surface area contributed by atoms with Gasteiger partial charge in [-0.25, -0.2) is 0 Å². The summed E-state index contributed by atoms with van der Waals surface area (Å²) in [6.45, 7) is 2.64. The molecule has 0 aromatic heterocycles. The second kappa shape index (κ2) is 3.42. The van der Waals surface area contributed by atoms with Crippen LogP contribution < -0.4 is 14.8 Å². The van der Waals surface area contributed by atoms with E-state index < -0.39 is 0 Å². The molecule has 2 aliphatic heterocycles. The summed E-state index contributed by atoms with van der Waals surface area (Å²) in [5.74, 6) is 1.75. The fourth-order valence-corrected chi connectivity index (χ4v) is 2.28. The molecule has 0 amide bonds. The molecule has 0 bridgehead atoms. The molecule has 2 aliphatic rings. The van der Waals surface area contributed by atoms with Crippen molar-refractivity contribution in [2.75, 3.05) is 19.7 Å². The lowest BCUT2D eigenvalue weighted by atomic mass is 9.94. The Bertz CT molecular complexity index is 358. The first-order valence-electron chi connectivity index (χ1n) is 5.50. The van der Waals surface area contributed by atoms with Gasteiger partial charge in [0.15, 0.2) is 17.1 Å². The van der Waals surface area contributed by atoms with E-state index in [1.54, 1.807) is 0 Å². The third kappa shape index (κ3) is 1.57. The molecule has 3 rings (SSSR count). The van der Waals surface area contributed by atoms with Crippen molar-refractivity contribution < 1.29 is 9.47 Å². The normalized spacial score (nSPS) is 29.1. The van der Waals surface area contributed by atoms with Crippen molar-refractivity contribution >= 4 is 0 Å². The number of piperidine rings is 1. The van der Waals surface area contributed by atoms with Gasteiger partial charge in [-0.15, -0.1) is 0 Å². The van der Waals surface area contributed by atoms with Gasteiger partial charge in [-0.1, -0.05) is 12.1 Å². The van der Waals surface area contributed by atoms with Crippen LogP contribution in [-0.4, -0.2) is 25.3 Å². The molecule has 2 heterocycles. The lowest BCUT2D eigenvalue weighted by Gasteiger charge is -2.41. The highest BCUT2D eigenvalue weighted by atomic mass is 16.6. The van der Waals surface area contributed by atoms with E-state index in [0.29, 0.717) is 6.61 Å². The van der Waals surface area contributed by atoms with E-state index in [9.17, 15) is 0 Å². The molecule has 1 N–H and O–H groups in total. The minimum Gasteiger partial charge on any atom is -0.485 e. The molecule has 15 heavy (non-hydrogen) atoms. The molecule has 1 fully saturated rings. The van der Waals surface area contributed by atoms with Crippen LogP contribution in [0.4, 0.5) is 0 Å². The minimum absolute atomic E-state index is 0.132. The highest BCUT2D eigenvalue weighted by Gasteiger charge is 2.38. The van der Waals surface area contributed by atoms with Crippen molar-refractivity contribution in [1.82, 2.24) is 5.32 Å². The summed E-state index contributed by atoms with van der Waals surface area (Å²) in [6, 6.07) is 7.89. The Morgan fingerprint density at radius 3 is 2.87 bits per heavy atom. The molecule has 1 aromatic rings. The van der Waals surface area contributed by atoms with Gasteiger partial charge >= 0.3 is 0 Å². The number of nitrogens with one attached hydrogen (secondary N) is 1. The molecule has 0 saturated carbocycles. The van der Waals surface area contributed by atoms with Crippen LogP contribution in [0.3, 0.4) is 0 Å². The summed E-state index contributed by atoms with van der Waals surface area (Å²) in [4.78, 5) is 0. The number of para-hydroxylation sites is 2. The second-order valence-corrected chi connectivity index (χ2v) is 4.30. The number of fused-ring (bicyclic) bond motifs is 1. The van der Waals surface area contributed by atoms with Crippen LogP contribution in [0.5, 0.6) is 11.5 Å². The summed E-state index contributed by atoms with van der Waals surface area (Å²) >= 11 is 0. The molecular weight excluding hydrogens is 190 g/mol. The first-order valence-corrected chi connectivity index (χ1v) is 5.50. The topological polar surface area (TPSA) is 30.5 Å². The summed E-state index contributed by atoms with van der Waals surface area (Å²) in [6.07, 6.45) is 2.24. The largest absolute Gasteiger partial charge is 0.485 e. The van der Waals surface area contributed by atoms with Gasteiger partial charge < -0.3 is 14.8 Å². The van der Waals surface area contributed by atoms with E-state index in [1.807, 2.05) is 24.3 Å². The zero-order chi connectivity index (χ0) is 10.1. The van der Waals surface area contributed by atoms with Crippen molar-refractivity contribution in [2.24, 2.45) is 0 Å². The predicted octanol–water partition coefficient (Wildman–Crippen LogP) is 1.58. The van der Waals surface area contributed by atoms with Crippen LogP contribution in [0, 0.1) is 0 Å². The third-order valence-electron chi connectivity index (χ3n) is 3.10. The molecule has 1 spiro atoms. The van der Waals surface area contributed by atoms with E-state index >= 15 is 0 Å². The Hall–Kier alpha value is -1.22. The number of rotatable bonds is 0. The zero-order valence-electron chi connectivity index (χ0n) is 8.66. The molecule has 0 aliphatic carbocycles. The number of hydrogen-bond acceptors (Lipinski definition) is 3. The van der Waals surface area contributed by atoms with Crippen LogP contribution in [0.15, 0.2) is 24.3 Å². The van der Waals surface area contributed by atoms with Crippen molar-refractivity contribution in [3.8, 4) is 11.5 Å². The van der Waals surface area contributed by atoms with Crippen LogP contribution in [0.2, 0.25) is 0 Å². The smallest absolute Gasteiger partial charge is 0.162 e. The van der Waals surface area contributed by atoms with Gasteiger partial charge in [0.25, 0.3) is 0 Å². The molecule has 1 atom stereocenters. The standard InChI is InChI=1S/C12H15NO2/c1-2-5-11-10(4-1)14-9-12(15-11)6-3-7-13-8-12/h1-2,4-5,13H,3,6-9H2. The molecule has 1 saturated heterocycles. The highest BCUT2D eigenvalue weighted by Crippen LogP contribution is 2.37. The number of benzene rings is 1. The second-order valence-electron chi connectivity index (χ2n) is 4.30. The van der Waals surface area contributed by atoms with Crippen molar-refractivity contribution in [2.45, 2.75) is 18.4 Å². The maximum absolute atomic E-state index is 6.07. The summed E-state index contributed by atoms with van der Waals surface area (Å²) in [5.41, 5.74) is -0.132. The summed E-state index contributed by atoms with van der Waals surface area (Å²) < 4.78 is 11.8. The van der Waals surface area contributed by atoms with Crippen molar-refractivity contribution in [3.63, 3.8) is 0 Å². The van der Waals surface area contributed by atoms with Gasteiger partial charge in [0.2, 0.25) is 0 Å². The Labute approximate surface area is 89.4 Å².